The molecule has 162 valence electrons. The zero-order valence-corrected chi connectivity index (χ0v) is 17.8. The highest BCUT2D eigenvalue weighted by Gasteiger charge is 2.37. The van der Waals surface area contributed by atoms with Crippen molar-refractivity contribution in [2.75, 3.05) is 13.2 Å². The van der Waals surface area contributed by atoms with Crippen molar-refractivity contribution >= 4 is 23.5 Å². The first-order valence-electron chi connectivity index (χ1n) is 10.0. The Kier molecular flexibility index (Phi) is 6.74. The van der Waals surface area contributed by atoms with Crippen LogP contribution in [0.5, 0.6) is 11.5 Å². The molecule has 3 atom stereocenters. The molecule has 2 fully saturated rings. The van der Waals surface area contributed by atoms with Crippen LogP contribution in [-0.2, 0) is 9.59 Å². The lowest BCUT2D eigenvalue weighted by Gasteiger charge is -2.24. The van der Waals surface area contributed by atoms with E-state index in [1.807, 2.05) is 0 Å². The van der Waals surface area contributed by atoms with E-state index in [4.69, 9.17) is 21.1 Å². The third kappa shape index (κ3) is 4.97. The molecule has 0 unspecified atom stereocenters. The van der Waals surface area contributed by atoms with Crippen molar-refractivity contribution < 1.29 is 24.2 Å². The van der Waals surface area contributed by atoms with Gasteiger partial charge in [0.15, 0.2) is 5.60 Å². The maximum atomic E-state index is 12.7. The molecular formula is C21H26ClN3O5. The molecule has 2 aliphatic rings. The monoisotopic (exact) mass is 435 g/mol. The van der Waals surface area contributed by atoms with Gasteiger partial charge in [0.1, 0.15) is 24.1 Å². The van der Waals surface area contributed by atoms with E-state index in [-0.39, 0.29) is 24.0 Å². The Bertz CT molecular complexity index is 854. The summed E-state index contributed by atoms with van der Waals surface area (Å²) in [5, 5.41) is 22.1. The number of ether oxygens (including phenoxy) is 2. The van der Waals surface area contributed by atoms with Crippen molar-refractivity contribution in [3.05, 3.63) is 23.2 Å². The van der Waals surface area contributed by atoms with Gasteiger partial charge in [-0.3, -0.25) is 10.1 Å². The van der Waals surface area contributed by atoms with E-state index in [1.54, 1.807) is 23.1 Å². The summed E-state index contributed by atoms with van der Waals surface area (Å²) >= 11 is 6.20. The number of nitrogens with zero attached hydrogens (tertiary/aromatic N) is 2. The number of benzene rings is 1. The molecule has 0 aromatic heterocycles. The average molecular weight is 436 g/mol. The summed E-state index contributed by atoms with van der Waals surface area (Å²) in [5.74, 6) is -0.380. The molecule has 0 radical (unpaired) electrons. The molecule has 2 heterocycles. The van der Waals surface area contributed by atoms with Gasteiger partial charge in [0.2, 0.25) is 5.91 Å². The zero-order valence-electron chi connectivity index (χ0n) is 17.1. The van der Waals surface area contributed by atoms with Gasteiger partial charge in [-0.15, -0.1) is 0 Å². The average Bonchev–Trinajstić information content (AvgIpc) is 3.36. The van der Waals surface area contributed by atoms with Crippen LogP contribution in [0.2, 0.25) is 5.02 Å². The van der Waals surface area contributed by atoms with Gasteiger partial charge in [0, 0.05) is 18.7 Å². The van der Waals surface area contributed by atoms with Crippen molar-refractivity contribution in [2.45, 2.75) is 63.3 Å². The largest absolute Gasteiger partial charge is 0.490 e. The topological polar surface area (TPSA) is 112 Å². The first kappa shape index (κ1) is 22.2. The Morgan fingerprint density at radius 3 is 2.83 bits per heavy atom. The van der Waals surface area contributed by atoms with E-state index in [9.17, 15) is 20.0 Å². The van der Waals surface area contributed by atoms with Gasteiger partial charge in [-0.2, -0.15) is 5.26 Å². The minimum atomic E-state index is -1.39. The van der Waals surface area contributed by atoms with Gasteiger partial charge in [-0.05, 0) is 51.7 Å². The molecular weight excluding hydrogens is 410 g/mol. The van der Waals surface area contributed by atoms with Crippen molar-refractivity contribution in [2.24, 2.45) is 0 Å². The lowest BCUT2D eigenvalue weighted by molar-refractivity contribution is -0.152. The fraction of sp³-hybridized carbons (Fsp3) is 0.571. The van der Waals surface area contributed by atoms with Gasteiger partial charge >= 0.3 is 5.97 Å². The standard InChI is InChI=1S/C21H26ClN3O5/c1-21(2,20(27)28)30-15-6-7-16(22)18(10-15)29-12-13-5-8-17(24-13)19(26)25-9-3-4-14(25)11-23/h6-7,10,13-14,17,24H,3-5,8-9,12H2,1-2H3,(H,27,28)/t13-,14+,17+/m1/s1. The molecule has 30 heavy (non-hydrogen) atoms. The molecule has 2 saturated heterocycles. The number of nitrogens with one attached hydrogen (secondary N) is 1. The summed E-state index contributed by atoms with van der Waals surface area (Å²) in [7, 11) is 0. The number of amides is 1. The normalized spacial score (nSPS) is 23.8. The quantitative estimate of drug-likeness (QED) is 0.676. The van der Waals surface area contributed by atoms with Crippen LogP contribution in [0.25, 0.3) is 0 Å². The minimum absolute atomic E-state index is 0.0223. The van der Waals surface area contributed by atoms with Crippen molar-refractivity contribution in [1.82, 2.24) is 10.2 Å². The molecule has 2 aliphatic heterocycles. The Labute approximate surface area is 180 Å². The number of aliphatic carboxylic acids is 1. The van der Waals surface area contributed by atoms with Crippen molar-refractivity contribution in [3.63, 3.8) is 0 Å². The van der Waals surface area contributed by atoms with Crippen molar-refractivity contribution in [3.8, 4) is 17.6 Å². The molecule has 1 aromatic rings. The van der Waals surface area contributed by atoms with Gasteiger partial charge < -0.3 is 19.5 Å². The summed E-state index contributed by atoms with van der Waals surface area (Å²) in [5.41, 5.74) is -1.39. The van der Waals surface area contributed by atoms with Crippen LogP contribution < -0.4 is 14.8 Å². The van der Waals surface area contributed by atoms with Gasteiger partial charge in [-0.1, -0.05) is 11.6 Å². The number of hydrogen-bond acceptors (Lipinski definition) is 6. The van der Waals surface area contributed by atoms with E-state index < -0.39 is 11.6 Å². The lowest BCUT2D eigenvalue weighted by Crippen LogP contribution is -2.47. The highest BCUT2D eigenvalue weighted by molar-refractivity contribution is 6.32. The summed E-state index contributed by atoms with van der Waals surface area (Å²) in [6.45, 7) is 3.85. The number of carbonyl (C=O) groups is 2. The summed E-state index contributed by atoms with van der Waals surface area (Å²) < 4.78 is 11.4. The van der Waals surface area contributed by atoms with Crippen molar-refractivity contribution in [1.29, 1.82) is 5.26 Å². The first-order valence-corrected chi connectivity index (χ1v) is 10.4. The number of halogens is 1. The maximum Gasteiger partial charge on any atom is 0.347 e. The Balaban J connectivity index is 1.56. The fourth-order valence-electron chi connectivity index (χ4n) is 3.70. The number of carboxylic acid groups (broad SMARTS) is 1. The summed E-state index contributed by atoms with van der Waals surface area (Å²) in [6, 6.07) is 6.27. The van der Waals surface area contributed by atoms with E-state index >= 15 is 0 Å². The van der Waals surface area contributed by atoms with E-state index in [0.717, 1.165) is 19.3 Å². The Morgan fingerprint density at radius 1 is 1.37 bits per heavy atom. The van der Waals surface area contributed by atoms with E-state index in [2.05, 4.69) is 11.4 Å². The molecule has 0 saturated carbocycles. The molecule has 8 nitrogen and oxygen atoms in total. The number of likely N-dealkylation sites (tertiary alicyclic amines) is 1. The molecule has 2 N–H and O–H groups in total. The summed E-state index contributed by atoms with van der Waals surface area (Å²) in [4.78, 5) is 25.6. The highest BCUT2D eigenvalue weighted by atomic mass is 35.5. The van der Waals surface area contributed by atoms with E-state index in [0.29, 0.717) is 36.1 Å². The second-order valence-corrected chi connectivity index (χ2v) is 8.54. The lowest BCUT2D eigenvalue weighted by atomic mass is 10.1. The smallest absolute Gasteiger partial charge is 0.347 e. The highest BCUT2D eigenvalue weighted by Crippen LogP contribution is 2.31. The Morgan fingerprint density at radius 2 is 2.13 bits per heavy atom. The van der Waals surface area contributed by atoms with E-state index in [1.165, 1.54) is 13.8 Å². The Hall–Kier alpha value is -2.50. The maximum absolute atomic E-state index is 12.7. The van der Waals surface area contributed by atoms with Crippen LogP contribution in [0, 0.1) is 11.3 Å². The fourth-order valence-corrected chi connectivity index (χ4v) is 3.87. The van der Waals surface area contributed by atoms with Crippen LogP contribution >= 0.6 is 11.6 Å². The first-order chi connectivity index (χ1) is 14.2. The molecule has 0 spiro atoms. The van der Waals surface area contributed by atoms with Gasteiger partial charge in [0.25, 0.3) is 0 Å². The van der Waals surface area contributed by atoms with Crippen LogP contribution in [0.4, 0.5) is 0 Å². The third-order valence-corrected chi connectivity index (χ3v) is 5.77. The number of hydrogen-bond donors (Lipinski definition) is 2. The SMILES string of the molecule is CC(C)(Oc1ccc(Cl)c(OC[C@H]2CC[C@@H](C(=O)N3CCC[C@H]3C#N)N2)c1)C(=O)O. The molecule has 1 amide bonds. The molecule has 0 aliphatic carbocycles. The number of carbonyl (C=O) groups excluding carboxylic acids is 1. The second-order valence-electron chi connectivity index (χ2n) is 8.13. The van der Waals surface area contributed by atoms with Gasteiger partial charge in [0.05, 0.1) is 17.1 Å². The molecule has 9 heteroatoms. The third-order valence-electron chi connectivity index (χ3n) is 5.45. The number of rotatable bonds is 7. The predicted octanol–water partition coefficient (Wildman–Crippen LogP) is 2.60. The number of carboxylic acids is 1. The molecule has 0 bridgehead atoms. The van der Waals surface area contributed by atoms with Crippen LogP contribution in [0.3, 0.4) is 0 Å². The summed E-state index contributed by atoms with van der Waals surface area (Å²) in [6.07, 6.45) is 3.04. The van der Waals surface area contributed by atoms with Crippen LogP contribution in [-0.4, -0.2) is 58.8 Å². The predicted molar refractivity (Wildman–Crippen MR) is 110 cm³/mol. The van der Waals surface area contributed by atoms with Gasteiger partial charge in [-0.25, -0.2) is 4.79 Å². The second kappa shape index (κ2) is 9.11. The van der Waals surface area contributed by atoms with Crippen LogP contribution in [0.1, 0.15) is 39.5 Å². The zero-order chi connectivity index (χ0) is 21.9. The minimum Gasteiger partial charge on any atom is -0.490 e. The van der Waals surface area contributed by atoms with Crippen LogP contribution in [0.15, 0.2) is 18.2 Å². The molecule has 1 aromatic carbocycles. The number of nitriles is 1. The molecule has 3 rings (SSSR count).